The van der Waals surface area contributed by atoms with Gasteiger partial charge < -0.3 is 14.2 Å². The normalized spacial score (nSPS) is 29.3. The van der Waals surface area contributed by atoms with E-state index in [4.69, 9.17) is 14.2 Å². The Morgan fingerprint density at radius 2 is 1.85 bits per heavy atom. The predicted molar refractivity (Wildman–Crippen MR) is 102 cm³/mol. The van der Waals surface area contributed by atoms with Gasteiger partial charge in [-0.05, 0) is 61.1 Å². The number of fused-ring (bicyclic) bond motifs is 3. The number of hydrogen-bond acceptors (Lipinski definition) is 5. The van der Waals surface area contributed by atoms with Crippen LogP contribution in [-0.2, 0) is 37.3 Å². The Balaban J connectivity index is 2.07. The Hall–Kier alpha value is -2.04. The van der Waals surface area contributed by atoms with Crippen molar-refractivity contribution in [2.45, 2.75) is 57.8 Å². The minimum atomic E-state index is -0.461. The molecule has 0 heterocycles. The van der Waals surface area contributed by atoms with Crippen LogP contribution in [0.4, 0.5) is 0 Å². The number of carbonyl (C=O) groups excluding carboxylic acids is 2. The van der Waals surface area contributed by atoms with Crippen LogP contribution in [0, 0.1) is 11.3 Å². The first-order chi connectivity index (χ1) is 12.8. The topological polar surface area (TPSA) is 61.8 Å². The van der Waals surface area contributed by atoms with Gasteiger partial charge in [0.25, 0.3) is 0 Å². The fourth-order valence-corrected chi connectivity index (χ4v) is 5.58. The van der Waals surface area contributed by atoms with E-state index in [0.29, 0.717) is 5.75 Å². The quantitative estimate of drug-likeness (QED) is 0.754. The average Bonchev–Trinajstić information content (AvgIpc) is 2.66. The van der Waals surface area contributed by atoms with E-state index in [1.165, 1.54) is 25.3 Å². The van der Waals surface area contributed by atoms with E-state index >= 15 is 0 Å². The molecular weight excluding hydrogens is 344 g/mol. The molecule has 1 aromatic carbocycles. The smallest absolute Gasteiger partial charge is 0.311 e. The second-order valence-corrected chi connectivity index (χ2v) is 8.35. The van der Waals surface area contributed by atoms with Crippen molar-refractivity contribution in [1.29, 1.82) is 0 Å². The van der Waals surface area contributed by atoms with Crippen molar-refractivity contribution in [3.63, 3.8) is 0 Å². The molecule has 1 fully saturated rings. The Kier molecular flexibility index (Phi) is 5.24. The molecule has 3 atom stereocenters. The van der Waals surface area contributed by atoms with Crippen molar-refractivity contribution in [2.24, 2.45) is 11.3 Å². The van der Waals surface area contributed by atoms with Gasteiger partial charge in [-0.3, -0.25) is 9.59 Å². The van der Waals surface area contributed by atoms with Crippen LogP contribution in [0.3, 0.4) is 0 Å². The minimum Gasteiger partial charge on any atom is -0.496 e. The molecule has 0 bridgehead atoms. The third kappa shape index (κ3) is 3.11. The molecule has 0 saturated heterocycles. The van der Waals surface area contributed by atoms with Gasteiger partial charge in [-0.1, -0.05) is 19.4 Å². The lowest BCUT2D eigenvalue weighted by molar-refractivity contribution is -0.161. The maximum Gasteiger partial charge on any atom is 0.311 e. The van der Waals surface area contributed by atoms with Crippen molar-refractivity contribution >= 4 is 11.9 Å². The highest BCUT2D eigenvalue weighted by Crippen LogP contribution is 2.58. The fraction of sp³-hybridized carbons (Fsp3) is 0.636. The van der Waals surface area contributed by atoms with Crippen molar-refractivity contribution < 1.29 is 23.8 Å². The highest BCUT2D eigenvalue weighted by atomic mass is 16.5. The summed E-state index contributed by atoms with van der Waals surface area (Å²) in [4.78, 5) is 24.4. The van der Waals surface area contributed by atoms with Gasteiger partial charge in [0.2, 0.25) is 0 Å². The summed E-state index contributed by atoms with van der Waals surface area (Å²) in [5.74, 6) is 0.571. The summed E-state index contributed by atoms with van der Waals surface area (Å²) < 4.78 is 15.6. The average molecular weight is 374 g/mol. The van der Waals surface area contributed by atoms with E-state index in [-0.39, 0.29) is 29.7 Å². The highest BCUT2D eigenvalue weighted by Gasteiger charge is 2.55. The Bertz CT molecular complexity index is 755. The maximum absolute atomic E-state index is 12.6. The number of hydrogen-bond donors (Lipinski definition) is 0. The van der Waals surface area contributed by atoms with E-state index in [2.05, 4.69) is 26.0 Å². The van der Waals surface area contributed by atoms with Gasteiger partial charge in [-0.25, -0.2) is 0 Å². The number of esters is 2. The summed E-state index contributed by atoms with van der Waals surface area (Å²) in [6.45, 7) is 4.34. The van der Waals surface area contributed by atoms with E-state index in [1.54, 1.807) is 7.11 Å². The van der Waals surface area contributed by atoms with Gasteiger partial charge in [-0.2, -0.15) is 0 Å². The van der Waals surface area contributed by atoms with Crippen LogP contribution in [0.1, 0.15) is 56.2 Å². The molecular formula is C22H30O5. The standard InChI is InChI=1S/C22H30O5/c1-21-9-6-10-22(2,20(24)27-5)18(21)8-7-14-11-15(12-19(23)26-4)17(25-3)13-16(14)21/h11,13,18H,6-10,12H2,1-5H3/t18?,21?,22-/m0/s1. The molecule has 0 radical (unpaired) electrons. The SMILES string of the molecule is COC(=O)Cc1cc2c(cc1OC)C1(C)CCC[C@](C)(C(=O)OC)C1CC2. The zero-order valence-corrected chi connectivity index (χ0v) is 17.0. The molecule has 27 heavy (non-hydrogen) atoms. The van der Waals surface area contributed by atoms with Crippen LogP contribution in [0.2, 0.25) is 0 Å². The third-order valence-corrected chi connectivity index (χ3v) is 6.97. The summed E-state index contributed by atoms with van der Waals surface area (Å²) in [6.07, 6.45) is 4.93. The predicted octanol–water partition coefficient (Wildman–Crippen LogP) is 3.59. The molecule has 1 aromatic rings. The summed E-state index contributed by atoms with van der Waals surface area (Å²) in [6, 6.07) is 4.18. The summed E-state index contributed by atoms with van der Waals surface area (Å²) in [7, 11) is 4.51. The van der Waals surface area contributed by atoms with Crippen molar-refractivity contribution in [3.8, 4) is 5.75 Å². The molecule has 1 saturated carbocycles. The van der Waals surface area contributed by atoms with E-state index in [0.717, 1.165) is 37.7 Å². The maximum atomic E-state index is 12.6. The molecule has 5 nitrogen and oxygen atoms in total. The molecule has 148 valence electrons. The molecule has 0 amide bonds. The first-order valence-corrected chi connectivity index (χ1v) is 9.65. The summed E-state index contributed by atoms with van der Waals surface area (Å²) in [5.41, 5.74) is 2.79. The number of benzene rings is 1. The lowest BCUT2D eigenvalue weighted by atomic mass is 9.49. The van der Waals surface area contributed by atoms with Crippen LogP contribution >= 0.6 is 0 Å². The third-order valence-electron chi connectivity index (χ3n) is 6.97. The summed E-state index contributed by atoms with van der Waals surface area (Å²) >= 11 is 0. The second-order valence-electron chi connectivity index (χ2n) is 8.35. The Morgan fingerprint density at radius 3 is 2.48 bits per heavy atom. The van der Waals surface area contributed by atoms with Crippen LogP contribution in [0.15, 0.2) is 12.1 Å². The number of methoxy groups -OCH3 is 3. The molecule has 2 aliphatic carbocycles. The largest absolute Gasteiger partial charge is 0.496 e. The first-order valence-electron chi connectivity index (χ1n) is 9.65. The van der Waals surface area contributed by atoms with E-state index < -0.39 is 5.41 Å². The lowest BCUT2D eigenvalue weighted by Crippen LogP contribution is -2.52. The highest BCUT2D eigenvalue weighted by molar-refractivity contribution is 5.77. The number of carbonyl (C=O) groups is 2. The van der Waals surface area contributed by atoms with Gasteiger partial charge >= 0.3 is 11.9 Å². The van der Waals surface area contributed by atoms with Crippen LogP contribution < -0.4 is 4.74 Å². The molecule has 0 aliphatic heterocycles. The first kappa shape index (κ1) is 19.7. The molecule has 5 heteroatoms. The molecule has 2 unspecified atom stereocenters. The number of rotatable bonds is 4. The zero-order chi connectivity index (χ0) is 19.8. The second kappa shape index (κ2) is 7.17. The number of aryl methyl sites for hydroxylation is 1. The molecule has 0 spiro atoms. The van der Waals surface area contributed by atoms with Crippen LogP contribution in [0.5, 0.6) is 5.75 Å². The van der Waals surface area contributed by atoms with E-state index in [1.807, 2.05) is 0 Å². The van der Waals surface area contributed by atoms with Gasteiger partial charge in [0.1, 0.15) is 5.75 Å². The number of ether oxygens (including phenoxy) is 3. The monoisotopic (exact) mass is 374 g/mol. The fourth-order valence-electron chi connectivity index (χ4n) is 5.58. The van der Waals surface area contributed by atoms with Crippen molar-refractivity contribution in [2.75, 3.05) is 21.3 Å². The molecule has 0 N–H and O–H groups in total. The van der Waals surface area contributed by atoms with Crippen molar-refractivity contribution in [3.05, 3.63) is 28.8 Å². The molecule has 3 rings (SSSR count). The van der Waals surface area contributed by atoms with Crippen LogP contribution in [-0.4, -0.2) is 33.3 Å². The van der Waals surface area contributed by atoms with Gasteiger partial charge in [0, 0.05) is 5.56 Å². The zero-order valence-electron chi connectivity index (χ0n) is 17.0. The van der Waals surface area contributed by atoms with E-state index in [9.17, 15) is 9.59 Å². The minimum absolute atomic E-state index is 0.101. The van der Waals surface area contributed by atoms with Crippen molar-refractivity contribution in [1.82, 2.24) is 0 Å². The van der Waals surface area contributed by atoms with Gasteiger partial charge in [0.05, 0.1) is 33.2 Å². The molecule has 0 aromatic heterocycles. The molecule has 2 aliphatic rings. The summed E-state index contributed by atoms with van der Waals surface area (Å²) in [5, 5.41) is 0. The van der Waals surface area contributed by atoms with Gasteiger partial charge in [0.15, 0.2) is 0 Å². The Morgan fingerprint density at radius 1 is 1.11 bits per heavy atom. The van der Waals surface area contributed by atoms with Crippen LogP contribution in [0.25, 0.3) is 0 Å². The Labute approximate surface area is 161 Å². The lowest BCUT2D eigenvalue weighted by Gasteiger charge is -2.54. The van der Waals surface area contributed by atoms with Gasteiger partial charge in [-0.15, -0.1) is 0 Å².